The monoisotopic (exact) mass is 462 g/mol. The highest BCUT2D eigenvalue weighted by Crippen LogP contribution is 2.30. The molecule has 2 aromatic heterocycles. The SMILES string of the molecule is O=C(NCCN1CCSCC1)c1ccc2cc(Oc3ccc(C(F)(F)F)cn3)ccc2n1. The van der Waals surface area contributed by atoms with Gasteiger partial charge in [0.25, 0.3) is 5.91 Å². The molecule has 3 heterocycles. The number of benzene rings is 1. The maximum Gasteiger partial charge on any atom is 0.417 e. The van der Waals surface area contributed by atoms with E-state index in [9.17, 15) is 18.0 Å². The molecule has 1 saturated heterocycles. The van der Waals surface area contributed by atoms with Crippen molar-refractivity contribution in [3.05, 3.63) is 59.9 Å². The predicted octanol–water partition coefficient (Wildman–Crippen LogP) is 4.22. The van der Waals surface area contributed by atoms with E-state index in [1.165, 1.54) is 6.07 Å². The highest BCUT2D eigenvalue weighted by atomic mass is 32.2. The van der Waals surface area contributed by atoms with Gasteiger partial charge in [-0.2, -0.15) is 24.9 Å². The molecule has 6 nitrogen and oxygen atoms in total. The van der Waals surface area contributed by atoms with Crippen LogP contribution in [0.2, 0.25) is 0 Å². The zero-order valence-electron chi connectivity index (χ0n) is 17.1. The molecule has 0 unspecified atom stereocenters. The number of hydrogen-bond acceptors (Lipinski definition) is 6. The summed E-state index contributed by atoms with van der Waals surface area (Å²) in [6.45, 7) is 3.47. The molecule has 0 aliphatic carbocycles. The Balaban J connectivity index is 1.37. The number of carbonyl (C=O) groups is 1. The topological polar surface area (TPSA) is 67.4 Å². The number of alkyl halides is 3. The lowest BCUT2D eigenvalue weighted by Crippen LogP contribution is -2.39. The van der Waals surface area contributed by atoms with Crippen molar-refractivity contribution in [2.45, 2.75) is 6.18 Å². The third kappa shape index (κ3) is 5.68. The maximum absolute atomic E-state index is 12.6. The van der Waals surface area contributed by atoms with Gasteiger partial charge in [-0.25, -0.2) is 9.97 Å². The summed E-state index contributed by atoms with van der Waals surface area (Å²) in [6, 6.07) is 10.5. The molecule has 4 rings (SSSR count). The number of pyridine rings is 2. The number of halogens is 3. The zero-order chi connectivity index (χ0) is 22.6. The fourth-order valence-corrected chi connectivity index (χ4v) is 4.24. The first-order valence-electron chi connectivity index (χ1n) is 10.1. The van der Waals surface area contributed by atoms with Crippen LogP contribution in [-0.4, -0.2) is 58.5 Å². The average Bonchev–Trinajstić information content (AvgIpc) is 2.79. The summed E-state index contributed by atoms with van der Waals surface area (Å²) in [5, 5.41) is 3.64. The Morgan fingerprint density at radius 2 is 1.94 bits per heavy atom. The second kappa shape index (κ2) is 9.74. The Labute approximate surface area is 187 Å². The van der Waals surface area contributed by atoms with E-state index >= 15 is 0 Å². The van der Waals surface area contributed by atoms with Crippen molar-refractivity contribution < 1.29 is 22.7 Å². The van der Waals surface area contributed by atoms with Crippen molar-refractivity contribution >= 4 is 28.6 Å². The summed E-state index contributed by atoms with van der Waals surface area (Å²) in [5.41, 5.74) is 0.0940. The molecule has 168 valence electrons. The number of rotatable bonds is 6. The molecule has 0 atom stereocenters. The van der Waals surface area contributed by atoms with Crippen LogP contribution in [0.3, 0.4) is 0 Å². The number of fused-ring (bicyclic) bond motifs is 1. The van der Waals surface area contributed by atoms with E-state index < -0.39 is 11.7 Å². The lowest BCUT2D eigenvalue weighted by Gasteiger charge is -2.25. The smallest absolute Gasteiger partial charge is 0.417 e. The standard InChI is InChI=1S/C22H21F3N4O2S/c23-22(24,25)16-2-6-20(27-14-16)31-17-3-5-18-15(13-17)1-4-19(28-18)21(30)26-7-8-29-9-11-32-12-10-29/h1-6,13-14H,7-12H2,(H,26,30). The van der Waals surface area contributed by atoms with Crippen LogP contribution in [0.15, 0.2) is 48.7 Å². The number of amides is 1. The van der Waals surface area contributed by atoms with E-state index in [-0.39, 0.29) is 11.8 Å². The Hall–Kier alpha value is -2.85. The van der Waals surface area contributed by atoms with Crippen LogP contribution < -0.4 is 10.1 Å². The minimum Gasteiger partial charge on any atom is -0.439 e. The summed E-state index contributed by atoms with van der Waals surface area (Å²) >= 11 is 1.95. The molecule has 1 amide bonds. The fraction of sp³-hybridized carbons (Fsp3) is 0.318. The van der Waals surface area contributed by atoms with E-state index in [1.54, 1.807) is 30.3 Å². The summed E-state index contributed by atoms with van der Waals surface area (Å²) in [7, 11) is 0. The fourth-order valence-electron chi connectivity index (χ4n) is 3.27. The van der Waals surface area contributed by atoms with Gasteiger partial charge in [0, 0.05) is 55.3 Å². The molecule has 0 bridgehead atoms. The molecule has 10 heteroatoms. The zero-order valence-corrected chi connectivity index (χ0v) is 17.9. The van der Waals surface area contributed by atoms with Crippen LogP contribution in [-0.2, 0) is 6.18 Å². The Kier molecular flexibility index (Phi) is 6.80. The Morgan fingerprint density at radius 1 is 1.12 bits per heavy atom. The molecular weight excluding hydrogens is 441 g/mol. The number of hydrogen-bond donors (Lipinski definition) is 1. The quantitative estimate of drug-likeness (QED) is 0.592. The van der Waals surface area contributed by atoms with Gasteiger partial charge in [-0.15, -0.1) is 0 Å². The van der Waals surface area contributed by atoms with Gasteiger partial charge in [0.2, 0.25) is 5.88 Å². The molecule has 0 saturated carbocycles. The normalized spacial score (nSPS) is 15.0. The van der Waals surface area contributed by atoms with Gasteiger partial charge in [0.15, 0.2) is 0 Å². The second-order valence-electron chi connectivity index (χ2n) is 7.25. The van der Waals surface area contributed by atoms with Crippen LogP contribution in [0.4, 0.5) is 13.2 Å². The molecule has 0 radical (unpaired) electrons. The van der Waals surface area contributed by atoms with Gasteiger partial charge in [-0.05, 0) is 30.3 Å². The maximum atomic E-state index is 12.6. The first-order chi connectivity index (χ1) is 15.4. The van der Waals surface area contributed by atoms with Crippen molar-refractivity contribution in [2.24, 2.45) is 0 Å². The number of thioether (sulfide) groups is 1. The minimum atomic E-state index is -4.45. The molecule has 32 heavy (non-hydrogen) atoms. The highest BCUT2D eigenvalue weighted by molar-refractivity contribution is 7.99. The number of nitrogens with zero attached hydrogens (tertiary/aromatic N) is 3. The molecule has 1 aliphatic rings. The molecule has 1 fully saturated rings. The summed E-state index contributed by atoms with van der Waals surface area (Å²) in [4.78, 5) is 22.9. The van der Waals surface area contributed by atoms with Gasteiger partial charge in [0.05, 0.1) is 11.1 Å². The predicted molar refractivity (Wildman–Crippen MR) is 117 cm³/mol. The second-order valence-corrected chi connectivity index (χ2v) is 8.47. The van der Waals surface area contributed by atoms with Crippen molar-refractivity contribution in [2.75, 3.05) is 37.7 Å². The highest BCUT2D eigenvalue weighted by Gasteiger charge is 2.30. The van der Waals surface area contributed by atoms with Gasteiger partial charge >= 0.3 is 6.18 Å². The van der Waals surface area contributed by atoms with E-state index in [0.29, 0.717) is 23.5 Å². The minimum absolute atomic E-state index is 0.0496. The largest absolute Gasteiger partial charge is 0.439 e. The van der Waals surface area contributed by atoms with Gasteiger partial charge in [-0.1, -0.05) is 6.07 Å². The van der Waals surface area contributed by atoms with Gasteiger partial charge in [-0.3, -0.25) is 9.69 Å². The first-order valence-corrected chi connectivity index (χ1v) is 11.2. The molecule has 0 spiro atoms. The number of carbonyl (C=O) groups excluding carboxylic acids is 1. The van der Waals surface area contributed by atoms with Crippen LogP contribution in [0.1, 0.15) is 16.1 Å². The third-order valence-corrected chi connectivity index (χ3v) is 5.94. The van der Waals surface area contributed by atoms with E-state index in [0.717, 1.165) is 48.8 Å². The molecular formula is C22H21F3N4O2S. The van der Waals surface area contributed by atoms with E-state index in [4.69, 9.17) is 4.74 Å². The number of nitrogens with one attached hydrogen (secondary N) is 1. The van der Waals surface area contributed by atoms with E-state index in [1.807, 2.05) is 11.8 Å². The first kappa shape index (κ1) is 22.3. The van der Waals surface area contributed by atoms with Crippen molar-refractivity contribution in [3.63, 3.8) is 0 Å². The summed E-state index contributed by atoms with van der Waals surface area (Å²) in [6.07, 6.45) is -3.72. The van der Waals surface area contributed by atoms with Crippen LogP contribution in [0.25, 0.3) is 10.9 Å². The molecule has 1 N–H and O–H groups in total. The van der Waals surface area contributed by atoms with Crippen molar-refractivity contribution in [3.8, 4) is 11.6 Å². The third-order valence-electron chi connectivity index (χ3n) is 5.00. The summed E-state index contributed by atoms with van der Waals surface area (Å²) in [5.74, 6) is 2.48. The van der Waals surface area contributed by atoms with Crippen LogP contribution in [0.5, 0.6) is 11.6 Å². The summed E-state index contributed by atoms with van der Waals surface area (Å²) < 4.78 is 43.5. The Bertz CT molecular complexity index is 1090. The number of ether oxygens (including phenoxy) is 1. The van der Waals surface area contributed by atoms with Crippen molar-refractivity contribution in [1.82, 2.24) is 20.2 Å². The van der Waals surface area contributed by atoms with Crippen LogP contribution >= 0.6 is 11.8 Å². The Morgan fingerprint density at radius 3 is 2.66 bits per heavy atom. The molecule has 1 aliphatic heterocycles. The average molecular weight is 462 g/mol. The van der Waals surface area contributed by atoms with Gasteiger partial charge < -0.3 is 10.1 Å². The van der Waals surface area contributed by atoms with Gasteiger partial charge in [0.1, 0.15) is 11.4 Å². The number of aromatic nitrogens is 2. The van der Waals surface area contributed by atoms with Crippen LogP contribution in [0, 0.1) is 0 Å². The molecule has 1 aromatic carbocycles. The lowest BCUT2D eigenvalue weighted by molar-refractivity contribution is -0.137. The van der Waals surface area contributed by atoms with Crippen molar-refractivity contribution in [1.29, 1.82) is 0 Å². The lowest BCUT2D eigenvalue weighted by atomic mass is 10.2. The molecule has 3 aromatic rings. The van der Waals surface area contributed by atoms with E-state index in [2.05, 4.69) is 20.2 Å².